The molecule has 0 saturated carbocycles. The van der Waals surface area contributed by atoms with Crippen LogP contribution in [-0.4, -0.2) is 10.4 Å². The highest BCUT2D eigenvalue weighted by Crippen LogP contribution is 1.91. The lowest BCUT2D eigenvalue weighted by atomic mass is 10.4. The molecular formula is C6H7Cl2N3. The normalized spacial score (nSPS) is 11.3. The molecule has 0 spiro atoms. The number of imidazole rings is 1. The van der Waals surface area contributed by atoms with Gasteiger partial charge in [0, 0.05) is 0 Å². The Morgan fingerprint density at radius 1 is 1.73 bits per heavy atom. The number of nitrogens with one attached hydrogen (secondary N) is 1. The van der Waals surface area contributed by atoms with Crippen LogP contribution in [-0.2, 0) is 6.54 Å². The maximum atomic E-state index is 8.33. The van der Waals surface area contributed by atoms with E-state index < -0.39 is 5.38 Å². The van der Waals surface area contributed by atoms with Gasteiger partial charge in [-0.25, -0.2) is 4.57 Å². The molecule has 60 valence electrons. The van der Waals surface area contributed by atoms with E-state index in [2.05, 4.69) is 4.98 Å². The van der Waals surface area contributed by atoms with Crippen LogP contribution in [0.5, 0.6) is 0 Å². The Morgan fingerprint density at radius 3 is 2.91 bits per heavy atom. The van der Waals surface area contributed by atoms with Gasteiger partial charge in [-0.05, 0) is 0 Å². The Kier molecular flexibility index (Phi) is 4.67. The van der Waals surface area contributed by atoms with Crippen LogP contribution in [0, 0.1) is 11.3 Å². The third-order valence-electron chi connectivity index (χ3n) is 1.11. The van der Waals surface area contributed by atoms with Crippen molar-refractivity contribution in [2.24, 2.45) is 0 Å². The van der Waals surface area contributed by atoms with Crippen molar-refractivity contribution >= 4 is 11.6 Å². The summed E-state index contributed by atoms with van der Waals surface area (Å²) in [5.41, 5.74) is 0. The van der Waals surface area contributed by atoms with Crippen molar-refractivity contribution in [1.82, 2.24) is 4.98 Å². The number of hydrogen-bond acceptors (Lipinski definition) is 1. The molecule has 0 saturated heterocycles. The van der Waals surface area contributed by atoms with Crippen molar-refractivity contribution in [1.29, 1.82) is 5.26 Å². The second-order valence-electron chi connectivity index (χ2n) is 1.90. The average molecular weight is 192 g/mol. The number of aromatic amines is 1. The molecule has 5 heteroatoms. The summed E-state index contributed by atoms with van der Waals surface area (Å²) >= 11 is 5.56. The van der Waals surface area contributed by atoms with Crippen LogP contribution in [0.25, 0.3) is 0 Å². The molecule has 1 atom stereocenters. The third kappa shape index (κ3) is 3.26. The van der Waals surface area contributed by atoms with Gasteiger partial charge in [0.1, 0.15) is 18.9 Å². The van der Waals surface area contributed by atoms with Crippen LogP contribution in [0.1, 0.15) is 0 Å². The first-order valence-electron chi connectivity index (χ1n) is 2.88. The summed E-state index contributed by atoms with van der Waals surface area (Å²) in [5.74, 6) is 0. The summed E-state index contributed by atoms with van der Waals surface area (Å²) in [6.07, 6.45) is 5.36. The summed E-state index contributed by atoms with van der Waals surface area (Å²) in [6, 6.07) is 1.93. The van der Waals surface area contributed by atoms with Gasteiger partial charge in [-0.15, -0.1) is 11.6 Å². The minimum Gasteiger partial charge on any atom is -1.00 e. The van der Waals surface area contributed by atoms with Gasteiger partial charge in [-0.1, -0.05) is 0 Å². The highest BCUT2D eigenvalue weighted by molar-refractivity contribution is 6.22. The Balaban J connectivity index is 0.000001000. The molecule has 0 radical (unpaired) electrons. The molecule has 11 heavy (non-hydrogen) atoms. The van der Waals surface area contributed by atoms with Crippen molar-refractivity contribution in [3.8, 4) is 6.07 Å². The maximum absolute atomic E-state index is 8.33. The van der Waals surface area contributed by atoms with E-state index in [9.17, 15) is 0 Å². The SMILES string of the molecule is N#CC(Cl)C[n+]1cc[nH]c1.[Cl-]. The minimum atomic E-state index is -0.444. The number of rotatable bonds is 2. The lowest BCUT2D eigenvalue weighted by Gasteiger charge is -1.92. The first-order chi connectivity index (χ1) is 4.83. The molecule has 1 N–H and O–H groups in total. The van der Waals surface area contributed by atoms with Crippen molar-refractivity contribution in [2.45, 2.75) is 11.9 Å². The fourth-order valence-corrected chi connectivity index (χ4v) is 0.819. The van der Waals surface area contributed by atoms with E-state index in [1.165, 1.54) is 0 Å². The lowest BCUT2D eigenvalue weighted by molar-refractivity contribution is -0.693. The van der Waals surface area contributed by atoms with Crippen molar-refractivity contribution in [3.63, 3.8) is 0 Å². The number of nitrogens with zero attached hydrogens (tertiary/aromatic N) is 2. The molecule has 0 amide bonds. The molecule has 1 unspecified atom stereocenters. The quantitative estimate of drug-likeness (QED) is 0.406. The van der Waals surface area contributed by atoms with Gasteiger partial charge >= 0.3 is 0 Å². The number of nitriles is 1. The van der Waals surface area contributed by atoms with Gasteiger partial charge in [0.25, 0.3) is 0 Å². The third-order valence-corrected chi connectivity index (χ3v) is 1.35. The molecule has 0 bridgehead atoms. The Morgan fingerprint density at radius 2 is 2.45 bits per heavy atom. The van der Waals surface area contributed by atoms with E-state index in [4.69, 9.17) is 16.9 Å². The molecule has 0 aromatic carbocycles. The zero-order valence-electron chi connectivity index (χ0n) is 5.67. The van der Waals surface area contributed by atoms with Gasteiger partial charge in [0.15, 0.2) is 5.38 Å². The fourth-order valence-electron chi connectivity index (χ4n) is 0.660. The standard InChI is InChI=1S/C6H6ClN3.ClH/c7-6(3-8)4-10-2-1-9-5-10;/h1-2,5-6H,4H2;1H. The molecule has 0 aliphatic carbocycles. The first-order valence-corrected chi connectivity index (χ1v) is 3.32. The zero-order valence-corrected chi connectivity index (χ0v) is 7.18. The summed E-state index contributed by atoms with van der Waals surface area (Å²) in [7, 11) is 0. The molecule has 0 aliphatic rings. The van der Waals surface area contributed by atoms with Gasteiger partial charge in [-0.3, -0.25) is 4.98 Å². The average Bonchev–Trinajstić information content (AvgIpc) is 2.40. The predicted octanol–water partition coefficient (Wildman–Crippen LogP) is -2.56. The number of hydrogen-bond donors (Lipinski definition) is 1. The largest absolute Gasteiger partial charge is 1.00 e. The molecule has 3 nitrogen and oxygen atoms in total. The highest BCUT2D eigenvalue weighted by Gasteiger charge is 2.05. The Hall–Kier alpha value is -0.720. The first kappa shape index (κ1) is 10.3. The van der Waals surface area contributed by atoms with E-state index >= 15 is 0 Å². The Labute approximate surface area is 76.0 Å². The molecule has 0 fully saturated rings. The lowest BCUT2D eigenvalue weighted by Crippen LogP contribution is -3.00. The van der Waals surface area contributed by atoms with Crippen LogP contribution in [0.3, 0.4) is 0 Å². The molecule has 1 aromatic rings. The second kappa shape index (κ2) is 5.00. The van der Waals surface area contributed by atoms with Crippen molar-refractivity contribution in [3.05, 3.63) is 18.7 Å². The summed E-state index contributed by atoms with van der Waals surface area (Å²) < 4.78 is 1.82. The second-order valence-corrected chi connectivity index (χ2v) is 2.43. The van der Waals surface area contributed by atoms with Gasteiger partial charge in [0.2, 0.25) is 6.33 Å². The molecule has 0 aliphatic heterocycles. The van der Waals surface area contributed by atoms with E-state index in [0.29, 0.717) is 6.54 Å². The van der Waals surface area contributed by atoms with Gasteiger partial charge in [0.05, 0.1) is 6.07 Å². The molecular weight excluding hydrogens is 185 g/mol. The van der Waals surface area contributed by atoms with E-state index in [1.807, 2.05) is 16.8 Å². The Bertz CT molecular complexity index is 226. The van der Waals surface area contributed by atoms with Crippen molar-refractivity contribution < 1.29 is 17.0 Å². The number of aromatic nitrogens is 2. The predicted molar refractivity (Wildman–Crippen MR) is 36.2 cm³/mol. The van der Waals surface area contributed by atoms with E-state index in [-0.39, 0.29) is 12.4 Å². The van der Waals surface area contributed by atoms with Crippen molar-refractivity contribution in [2.75, 3.05) is 0 Å². The molecule has 1 aromatic heterocycles. The molecule has 1 heterocycles. The number of H-pyrrole nitrogens is 1. The van der Waals surface area contributed by atoms with Crippen LogP contribution in [0.4, 0.5) is 0 Å². The van der Waals surface area contributed by atoms with Crippen LogP contribution < -0.4 is 17.0 Å². The summed E-state index contributed by atoms with van der Waals surface area (Å²) in [6.45, 7) is 0.529. The maximum Gasteiger partial charge on any atom is 0.241 e. The van der Waals surface area contributed by atoms with Crippen LogP contribution in [0.15, 0.2) is 18.7 Å². The van der Waals surface area contributed by atoms with E-state index in [1.54, 1.807) is 12.5 Å². The molecule has 1 rings (SSSR count). The van der Waals surface area contributed by atoms with Gasteiger partial charge in [-0.2, -0.15) is 5.26 Å². The van der Waals surface area contributed by atoms with E-state index in [0.717, 1.165) is 0 Å². The minimum absolute atomic E-state index is 0. The number of halogens is 2. The zero-order chi connectivity index (χ0) is 7.40. The smallest absolute Gasteiger partial charge is 0.241 e. The highest BCUT2D eigenvalue weighted by atomic mass is 35.5. The monoisotopic (exact) mass is 191 g/mol. The van der Waals surface area contributed by atoms with Crippen LogP contribution in [0.2, 0.25) is 0 Å². The number of alkyl halides is 1. The van der Waals surface area contributed by atoms with Crippen LogP contribution >= 0.6 is 11.6 Å². The summed E-state index contributed by atoms with van der Waals surface area (Å²) in [4.78, 5) is 2.85. The van der Waals surface area contributed by atoms with Gasteiger partial charge < -0.3 is 12.4 Å². The topological polar surface area (TPSA) is 43.5 Å². The fraction of sp³-hybridized carbons (Fsp3) is 0.333. The summed E-state index contributed by atoms with van der Waals surface area (Å²) in [5, 5.41) is 7.88.